The molecule has 22 heavy (non-hydrogen) atoms. The van der Waals surface area contributed by atoms with Crippen LogP contribution in [-0.2, 0) is 24.8 Å². The summed E-state index contributed by atoms with van der Waals surface area (Å²) in [6.07, 6.45) is 4.37. The first kappa shape index (κ1) is 16.2. The van der Waals surface area contributed by atoms with Crippen molar-refractivity contribution in [2.45, 2.75) is 26.8 Å². The number of carbonyl (C=O) groups is 1. The molecular formula is C16H23N5O. The molecule has 2 aromatic heterocycles. The van der Waals surface area contributed by atoms with Gasteiger partial charge in [0.1, 0.15) is 5.82 Å². The topological polar surface area (TPSA) is 63.1 Å². The smallest absolute Gasteiger partial charge is 0.239 e. The van der Waals surface area contributed by atoms with Crippen molar-refractivity contribution in [1.82, 2.24) is 19.7 Å². The molecule has 2 heterocycles. The highest BCUT2D eigenvalue weighted by molar-refractivity contribution is 5.92. The Hall–Kier alpha value is -2.21. The quantitative estimate of drug-likeness (QED) is 0.883. The molecule has 0 atom stereocenters. The number of rotatable bonds is 6. The Kier molecular flexibility index (Phi) is 5.27. The van der Waals surface area contributed by atoms with Crippen molar-refractivity contribution in [3.63, 3.8) is 0 Å². The minimum Gasteiger partial charge on any atom is -0.310 e. The maximum absolute atomic E-state index is 12.2. The van der Waals surface area contributed by atoms with Gasteiger partial charge in [0.25, 0.3) is 0 Å². The van der Waals surface area contributed by atoms with Gasteiger partial charge in [0.2, 0.25) is 5.91 Å². The van der Waals surface area contributed by atoms with Crippen molar-refractivity contribution in [2.75, 3.05) is 18.9 Å². The number of likely N-dealkylation sites (N-methyl/N-ethyl adjacent to an activating group) is 1. The van der Waals surface area contributed by atoms with Crippen LogP contribution in [0.1, 0.15) is 23.7 Å². The Morgan fingerprint density at radius 1 is 1.36 bits per heavy atom. The van der Waals surface area contributed by atoms with Crippen LogP contribution in [0.3, 0.4) is 0 Å². The molecule has 6 nitrogen and oxygen atoms in total. The summed E-state index contributed by atoms with van der Waals surface area (Å²) in [6.45, 7) is 5.07. The number of amides is 1. The van der Waals surface area contributed by atoms with E-state index < -0.39 is 0 Å². The van der Waals surface area contributed by atoms with Crippen molar-refractivity contribution in [2.24, 2.45) is 7.05 Å². The second kappa shape index (κ2) is 7.17. The van der Waals surface area contributed by atoms with Crippen LogP contribution in [0.5, 0.6) is 0 Å². The van der Waals surface area contributed by atoms with E-state index >= 15 is 0 Å². The van der Waals surface area contributed by atoms with Crippen LogP contribution in [0, 0.1) is 6.92 Å². The lowest BCUT2D eigenvalue weighted by Gasteiger charge is -2.16. The minimum atomic E-state index is -0.0331. The number of aryl methyl sites for hydroxylation is 2. The number of anilines is 1. The summed E-state index contributed by atoms with van der Waals surface area (Å²) >= 11 is 0. The molecule has 0 aliphatic heterocycles. The molecule has 0 fully saturated rings. The van der Waals surface area contributed by atoms with Crippen LogP contribution in [0.4, 0.5) is 5.82 Å². The molecule has 0 saturated carbocycles. The van der Waals surface area contributed by atoms with Gasteiger partial charge in [-0.2, -0.15) is 5.10 Å². The van der Waals surface area contributed by atoms with Gasteiger partial charge in [-0.1, -0.05) is 6.92 Å². The van der Waals surface area contributed by atoms with Crippen LogP contribution in [0.25, 0.3) is 0 Å². The summed E-state index contributed by atoms with van der Waals surface area (Å²) < 4.78 is 1.73. The van der Waals surface area contributed by atoms with Gasteiger partial charge in [0, 0.05) is 31.5 Å². The molecule has 118 valence electrons. The number of pyridine rings is 1. The van der Waals surface area contributed by atoms with E-state index in [1.807, 2.05) is 38.1 Å². The fourth-order valence-electron chi connectivity index (χ4n) is 2.55. The van der Waals surface area contributed by atoms with Gasteiger partial charge >= 0.3 is 0 Å². The molecule has 6 heteroatoms. The Labute approximate surface area is 131 Å². The van der Waals surface area contributed by atoms with Gasteiger partial charge in [-0.3, -0.25) is 19.4 Å². The molecule has 1 N–H and O–H groups in total. The third-order valence-corrected chi connectivity index (χ3v) is 3.57. The fraction of sp³-hybridized carbons (Fsp3) is 0.438. The zero-order valence-electron chi connectivity index (χ0n) is 13.6. The Bertz CT molecular complexity index is 635. The van der Waals surface area contributed by atoms with Crippen molar-refractivity contribution < 1.29 is 4.79 Å². The lowest BCUT2D eigenvalue weighted by Crippen LogP contribution is -2.30. The van der Waals surface area contributed by atoms with Gasteiger partial charge < -0.3 is 5.32 Å². The Morgan fingerprint density at radius 2 is 2.05 bits per heavy atom. The first-order chi connectivity index (χ1) is 10.5. The average molecular weight is 301 g/mol. The Balaban J connectivity index is 1.96. The van der Waals surface area contributed by atoms with E-state index in [1.54, 1.807) is 17.1 Å². The molecule has 1 amide bonds. The lowest BCUT2D eigenvalue weighted by molar-refractivity contribution is -0.117. The summed E-state index contributed by atoms with van der Waals surface area (Å²) in [7, 11) is 3.78. The fourth-order valence-corrected chi connectivity index (χ4v) is 2.55. The van der Waals surface area contributed by atoms with Crippen LogP contribution in [0.2, 0.25) is 0 Å². The SMILES string of the molecule is CCc1c(C)nn(C)c1NC(=O)CN(C)Cc1ccncc1. The van der Waals surface area contributed by atoms with E-state index in [-0.39, 0.29) is 5.91 Å². The van der Waals surface area contributed by atoms with E-state index in [0.717, 1.165) is 29.1 Å². The van der Waals surface area contributed by atoms with Crippen LogP contribution >= 0.6 is 0 Å². The average Bonchev–Trinajstić information content (AvgIpc) is 2.73. The first-order valence-electron chi connectivity index (χ1n) is 7.41. The highest BCUT2D eigenvalue weighted by Crippen LogP contribution is 2.19. The van der Waals surface area contributed by atoms with Gasteiger partial charge in [0.05, 0.1) is 12.2 Å². The number of hydrogen-bond donors (Lipinski definition) is 1. The largest absolute Gasteiger partial charge is 0.310 e. The molecule has 0 aliphatic rings. The zero-order chi connectivity index (χ0) is 16.1. The van der Waals surface area contributed by atoms with Gasteiger partial charge in [-0.15, -0.1) is 0 Å². The predicted octanol–water partition coefficient (Wildman–Crippen LogP) is 1.76. The monoisotopic (exact) mass is 301 g/mol. The minimum absolute atomic E-state index is 0.0331. The number of aromatic nitrogens is 3. The molecule has 0 spiro atoms. The van der Waals surface area contributed by atoms with Gasteiger partial charge in [-0.25, -0.2) is 0 Å². The standard InChI is InChI=1S/C16H23N5O/c1-5-14-12(2)19-21(4)16(14)18-15(22)11-20(3)10-13-6-8-17-9-7-13/h6-9H,5,10-11H2,1-4H3,(H,18,22). The highest BCUT2D eigenvalue weighted by atomic mass is 16.2. The molecule has 0 radical (unpaired) electrons. The molecular weight excluding hydrogens is 278 g/mol. The summed E-state index contributed by atoms with van der Waals surface area (Å²) in [5.41, 5.74) is 3.19. The van der Waals surface area contributed by atoms with Crippen molar-refractivity contribution >= 4 is 11.7 Å². The maximum Gasteiger partial charge on any atom is 0.239 e. The predicted molar refractivity (Wildman–Crippen MR) is 86.5 cm³/mol. The molecule has 0 aliphatic carbocycles. The number of carbonyl (C=O) groups excluding carboxylic acids is 1. The number of nitrogens with one attached hydrogen (secondary N) is 1. The van der Waals surface area contributed by atoms with E-state index in [1.165, 1.54) is 0 Å². The van der Waals surface area contributed by atoms with Crippen LogP contribution < -0.4 is 5.32 Å². The van der Waals surface area contributed by atoms with Crippen LogP contribution in [0.15, 0.2) is 24.5 Å². The summed E-state index contributed by atoms with van der Waals surface area (Å²) in [5.74, 6) is 0.761. The van der Waals surface area contributed by atoms with Crippen molar-refractivity contribution in [1.29, 1.82) is 0 Å². The second-order valence-electron chi connectivity index (χ2n) is 5.47. The van der Waals surface area contributed by atoms with E-state index in [2.05, 4.69) is 22.3 Å². The molecule has 2 rings (SSSR count). The Morgan fingerprint density at radius 3 is 2.68 bits per heavy atom. The summed E-state index contributed by atoms with van der Waals surface area (Å²) in [6, 6.07) is 3.90. The zero-order valence-corrected chi connectivity index (χ0v) is 13.6. The molecule has 0 unspecified atom stereocenters. The lowest BCUT2D eigenvalue weighted by atomic mass is 10.2. The van der Waals surface area contributed by atoms with E-state index in [0.29, 0.717) is 13.1 Å². The summed E-state index contributed by atoms with van der Waals surface area (Å²) in [5, 5.41) is 7.34. The normalized spacial score (nSPS) is 11.0. The van der Waals surface area contributed by atoms with Gasteiger partial charge in [-0.05, 0) is 38.1 Å². The third-order valence-electron chi connectivity index (χ3n) is 3.57. The summed E-state index contributed by atoms with van der Waals surface area (Å²) in [4.78, 5) is 18.2. The van der Waals surface area contributed by atoms with Crippen molar-refractivity contribution in [3.8, 4) is 0 Å². The maximum atomic E-state index is 12.2. The van der Waals surface area contributed by atoms with E-state index in [4.69, 9.17) is 0 Å². The van der Waals surface area contributed by atoms with E-state index in [9.17, 15) is 4.79 Å². The third kappa shape index (κ3) is 3.92. The molecule has 2 aromatic rings. The molecule has 0 bridgehead atoms. The number of hydrogen-bond acceptors (Lipinski definition) is 4. The van der Waals surface area contributed by atoms with Crippen LogP contribution in [-0.4, -0.2) is 39.2 Å². The first-order valence-corrected chi connectivity index (χ1v) is 7.41. The second-order valence-corrected chi connectivity index (χ2v) is 5.47. The van der Waals surface area contributed by atoms with Crippen molar-refractivity contribution in [3.05, 3.63) is 41.3 Å². The van der Waals surface area contributed by atoms with Gasteiger partial charge in [0.15, 0.2) is 0 Å². The molecule has 0 saturated heterocycles. The number of nitrogens with zero attached hydrogens (tertiary/aromatic N) is 4. The highest BCUT2D eigenvalue weighted by Gasteiger charge is 2.15. The molecule has 0 aromatic carbocycles.